The van der Waals surface area contributed by atoms with Crippen molar-refractivity contribution in [2.45, 2.75) is 236 Å². The minimum atomic E-state index is -3.67. The lowest BCUT2D eigenvalue weighted by Gasteiger charge is -2.40. The highest BCUT2D eigenvalue weighted by Crippen LogP contribution is 2.36. The van der Waals surface area contributed by atoms with Gasteiger partial charge in [0.2, 0.25) is 6.08 Å². The molecule has 0 aromatic heterocycles. The number of thiol groups is 1. The number of carbonyl (C=O) groups excluding carboxylic acids is 1. The van der Waals surface area contributed by atoms with Gasteiger partial charge in [0.15, 0.2) is 0 Å². The Morgan fingerprint density at radius 3 is 1.02 bits per heavy atom. The van der Waals surface area contributed by atoms with Crippen molar-refractivity contribution >= 4 is 63.8 Å². The monoisotopic (exact) mass is 1350 g/mol. The highest BCUT2D eigenvalue weighted by atomic mass is 35.5. The smallest absolute Gasteiger partial charge is 0.300 e. The van der Waals surface area contributed by atoms with Crippen LogP contribution < -0.4 is 5.73 Å². The molecule has 5 aliphatic rings. The second-order valence-electron chi connectivity index (χ2n) is 20.1. The third-order valence-electron chi connectivity index (χ3n) is 10.0. The van der Waals surface area contributed by atoms with Crippen molar-refractivity contribution in [3.8, 4) is 12.3 Å². The molecule has 536 valence electrons. The van der Waals surface area contributed by atoms with E-state index in [1.54, 1.807) is 33.2 Å². The van der Waals surface area contributed by atoms with Gasteiger partial charge >= 0.3 is 0 Å². The summed E-state index contributed by atoms with van der Waals surface area (Å²) in [7, 11) is 1.81. The van der Waals surface area contributed by atoms with Gasteiger partial charge in [0.05, 0.1) is 63.8 Å². The minimum absolute atomic E-state index is 0.542. The predicted octanol–water partition coefficient (Wildman–Crippen LogP) is 20.3. The number of epoxide rings is 1. The molecule has 89 heavy (non-hydrogen) atoms. The molecule has 1 saturated carbocycles. The fourth-order valence-electron chi connectivity index (χ4n) is 3.98. The summed E-state index contributed by atoms with van der Waals surface area (Å²) in [5.41, 5.74) is 8.76. The van der Waals surface area contributed by atoms with E-state index in [9.17, 15) is 8.42 Å². The van der Waals surface area contributed by atoms with Gasteiger partial charge in [-0.3, -0.25) is 9.35 Å². The molecule has 4 saturated heterocycles. The number of unbranched alkanes of at least 4 members (excludes halogenated alkanes) is 1. The summed E-state index contributed by atoms with van der Waals surface area (Å²) >= 11 is 12.7. The van der Waals surface area contributed by atoms with Crippen molar-refractivity contribution in [3.63, 3.8) is 0 Å². The molecule has 5 fully saturated rings. The number of isocyanates is 1. The van der Waals surface area contributed by atoms with E-state index in [1.807, 2.05) is 60.6 Å². The van der Waals surface area contributed by atoms with Crippen LogP contribution in [0.4, 0.5) is 0 Å². The molecule has 4 heterocycles. The van der Waals surface area contributed by atoms with Crippen LogP contribution in [0.3, 0.4) is 0 Å². The van der Waals surface area contributed by atoms with Crippen molar-refractivity contribution in [1.82, 2.24) is 0 Å². The van der Waals surface area contributed by atoms with E-state index in [4.69, 9.17) is 54.9 Å². The normalized spacial score (nSPS) is 14.1. The van der Waals surface area contributed by atoms with Gasteiger partial charge in [-0.05, 0) is 166 Å². The number of hydrogen-bond acceptors (Lipinski definition) is 14. The molecule has 1 aliphatic carbocycles. The second-order valence-corrected chi connectivity index (χ2v) is 22.4. The topological polar surface area (TPSA) is 220 Å². The molecular formula is C71H146ClN3O11S3. The second kappa shape index (κ2) is 109. The number of carbonyl (C=O) groups is 1. The zero-order chi connectivity index (χ0) is 74.2. The molecule has 0 amide bonds. The van der Waals surface area contributed by atoms with Gasteiger partial charge in [-0.15, -0.1) is 25.5 Å². The molecule has 1 unspecified atom stereocenters. The SMILES string of the molecule is C#CC.C/C=C/C.C/C=C/CC.C/C=C/CCC.C=C(C)C.C=C(C)Cl.C=CC.CC(=O)O.CC1CC1.CC1CO1.CC=C(C)C.CCC1(C)COC1.CCC1(CC)COC1.CCCC1(CC)COC1.CN.CN=C=O.CN=C=S.CO.CS.CS(=O)(=O)O. The summed E-state index contributed by atoms with van der Waals surface area (Å²) in [6.45, 7) is 63.9. The summed E-state index contributed by atoms with van der Waals surface area (Å²) in [6.07, 6.45) is 39.6. The number of carboxylic acid groups (broad SMARTS) is 1. The Hall–Kier alpha value is -3.30. The lowest BCUT2D eigenvalue weighted by Crippen LogP contribution is -2.41. The molecule has 14 nitrogen and oxygen atoms in total. The molecule has 0 bridgehead atoms. The maximum absolute atomic E-state index is 9.19. The summed E-state index contributed by atoms with van der Waals surface area (Å²) in [5.74, 6) is 2.50. The van der Waals surface area contributed by atoms with Gasteiger partial charge in [-0.2, -0.15) is 21.0 Å². The van der Waals surface area contributed by atoms with Crippen LogP contribution in [0.15, 0.2) is 94.5 Å². The first-order valence-corrected chi connectivity index (χ1v) is 34.2. The number of aliphatic hydroxyl groups excluding tert-OH is 1. The van der Waals surface area contributed by atoms with Crippen molar-refractivity contribution in [2.24, 2.45) is 37.9 Å². The first-order valence-electron chi connectivity index (χ1n) is 30.7. The van der Waals surface area contributed by atoms with E-state index in [0.717, 1.165) is 72.6 Å². The Balaban J connectivity index is -0.0000000505. The number of halogens is 1. The number of terminal acetylenes is 1. The number of nitrogens with zero attached hydrogens (tertiary/aromatic N) is 2. The van der Waals surface area contributed by atoms with E-state index in [2.05, 4.69) is 198 Å². The molecule has 5 rings (SSSR count). The zero-order valence-electron chi connectivity index (χ0n) is 62.9. The summed E-state index contributed by atoms with van der Waals surface area (Å²) in [5, 5.41) is 17.2. The van der Waals surface area contributed by atoms with Crippen LogP contribution in [0.5, 0.6) is 0 Å². The van der Waals surface area contributed by atoms with E-state index < -0.39 is 16.1 Å². The van der Waals surface area contributed by atoms with Crippen LogP contribution in [0.2, 0.25) is 0 Å². The molecule has 5 N–H and O–H groups in total. The number of aliphatic carboxylic acids is 1. The van der Waals surface area contributed by atoms with E-state index in [-0.39, 0.29) is 0 Å². The van der Waals surface area contributed by atoms with Gasteiger partial charge in [0, 0.05) is 49.4 Å². The third kappa shape index (κ3) is 209. The number of rotatable bonds is 9. The Bertz CT molecular complexity index is 1650. The highest BCUT2D eigenvalue weighted by molar-refractivity contribution is 7.85. The molecule has 1 atom stereocenters. The Labute approximate surface area is 569 Å². The number of nitrogens with two attached hydrogens (primary N) is 1. The maximum atomic E-state index is 9.19. The average Bonchev–Trinajstić information content (AvgIpc) is 4.42. The van der Waals surface area contributed by atoms with Crippen molar-refractivity contribution in [3.05, 3.63) is 84.5 Å². The number of thiocarbonyl (C=S) groups is 1. The largest absolute Gasteiger partial charge is 0.481 e. The lowest BCUT2D eigenvalue weighted by atomic mass is 9.79. The van der Waals surface area contributed by atoms with E-state index >= 15 is 0 Å². The Morgan fingerprint density at radius 2 is 1.00 bits per heavy atom. The van der Waals surface area contributed by atoms with Gasteiger partial charge < -0.3 is 34.9 Å². The van der Waals surface area contributed by atoms with Gasteiger partial charge in [-0.1, -0.05) is 166 Å². The number of aliphatic imine (C=N–C) groups is 2. The molecule has 0 radical (unpaired) electrons. The van der Waals surface area contributed by atoms with Crippen LogP contribution in [-0.2, 0) is 38.7 Å². The van der Waals surface area contributed by atoms with Crippen LogP contribution in [0, 0.1) is 34.5 Å². The van der Waals surface area contributed by atoms with Crippen LogP contribution in [0.25, 0.3) is 0 Å². The quantitative estimate of drug-likeness (QED) is 0.0212. The first kappa shape index (κ1) is 123. The van der Waals surface area contributed by atoms with Gasteiger partial charge in [0.25, 0.3) is 16.1 Å². The maximum Gasteiger partial charge on any atom is 0.300 e. The summed E-state index contributed by atoms with van der Waals surface area (Å²) in [4.78, 5) is 24.1. The first-order chi connectivity index (χ1) is 41.6. The fourth-order valence-corrected chi connectivity index (χ4v) is 3.98. The number of isothiocyanates is 1. The summed E-state index contributed by atoms with van der Waals surface area (Å²) < 4.78 is 45.9. The summed E-state index contributed by atoms with van der Waals surface area (Å²) in [6, 6.07) is 0. The lowest BCUT2D eigenvalue weighted by molar-refractivity contribution is -0.134. The average molecular weight is 1350 g/mol. The van der Waals surface area contributed by atoms with Crippen LogP contribution in [-0.4, -0.2) is 134 Å². The third-order valence-corrected chi connectivity index (χ3v) is 10.2. The van der Waals surface area contributed by atoms with Crippen molar-refractivity contribution in [2.75, 3.05) is 87.0 Å². The van der Waals surface area contributed by atoms with Crippen molar-refractivity contribution in [1.29, 1.82) is 0 Å². The molecule has 0 spiro atoms. The minimum Gasteiger partial charge on any atom is -0.481 e. The van der Waals surface area contributed by atoms with E-state index in [1.165, 1.54) is 95.5 Å². The van der Waals surface area contributed by atoms with Gasteiger partial charge in [-0.25, -0.2) is 14.8 Å². The highest BCUT2D eigenvalue weighted by Gasteiger charge is 2.35. The number of ether oxygens (including phenoxy) is 4. The number of aliphatic hydroxyl groups is 1. The van der Waals surface area contributed by atoms with Gasteiger partial charge in [0.1, 0.15) is 0 Å². The van der Waals surface area contributed by atoms with Crippen molar-refractivity contribution < 1.29 is 51.7 Å². The standard InChI is InChI=1S/C8H16O.C7H14O.C6H12O.C6H12.2C5H10.3C4H8.C3H5Cl.C3H6O.C3H6.C3H4.C2H3NO.C2H3NS.C2H4O2.CH5N.CH4O3S.CH4O.CH4S/c1-3-5-8(4-2)6-9-7-8;1-3-7(4-2)5-8-6-7;1-3-6(2)4-7-5-6;1-3-5-6-4-2;1-4-5(2)3;1-3-5-4-2;1-4-2-3-4;1-4(2)3;1-3-4-2;1-3(2)4;1-3-2-4-3;2*1-3-2;2*1-3-2-4;1-2(3)4;1-2;1-5(2,3)4;2*1-2/h3-7H2,1-2H3;3-6H2,1-2H3;3-5H2,1-2H3;3,5H,4,6H2,1-2H3;4H,1-3H3;3,5H,4H2,1-2H3;4H,2-3H2,1H3;1H2,2-3H3;3-4H,1-2H3;1H2,2H3;3H,2H2,1H3;3H,1H2,2H3;1H,2H3;2*1H3;1H3,(H,3,4);2H2,1H3;1H3,(H,2,3,4);2*2H,1H3/b;;;5-3+;;5-3+;;;4-3+;;;;;;;;;;;. The Morgan fingerprint density at radius 1 is 0.753 bits per heavy atom. The Kier molecular flexibility index (Phi) is 151. The molecule has 4 aliphatic heterocycles. The fraction of sp³-hybridized carbons (Fsp3) is 0.732. The molecule has 0 aromatic carbocycles. The molecule has 18 heteroatoms. The van der Waals surface area contributed by atoms with E-state index in [0.29, 0.717) is 33.6 Å². The number of hydrogen-bond donors (Lipinski definition) is 5. The number of allylic oxidation sites excluding steroid dienone is 11. The van der Waals surface area contributed by atoms with Crippen LogP contribution in [0.1, 0.15) is 230 Å². The molecule has 0 aromatic rings. The predicted molar refractivity (Wildman–Crippen MR) is 406 cm³/mol. The number of carboxylic acids is 1. The zero-order valence-corrected chi connectivity index (χ0v) is 66.2. The molecular weight excluding hydrogens is 1200 g/mol. The van der Waals surface area contributed by atoms with Crippen LogP contribution >= 0.6 is 36.4 Å².